The number of nitrogens with one attached hydrogen (secondary N) is 1. The van der Waals surface area contributed by atoms with E-state index >= 15 is 0 Å². The summed E-state index contributed by atoms with van der Waals surface area (Å²) in [5.41, 5.74) is 1.14. The maximum absolute atomic E-state index is 6.15. The topological polar surface area (TPSA) is 30.5 Å². The number of ether oxygens (including phenoxy) is 2. The molecule has 0 bridgehead atoms. The van der Waals surface area contributed by atoms with Crippen LogP contribution < -0.4 is 10.1 Å². The molecule has 1 N–H and O–H groups in total. The van der Waals surface area contributed by atoms with Crippen molar-refractivity contribution in [2.24, 2.45) is 5.92 Å². The molecule has 0 aliphatic heterocycles. The maximum Gasteiger partial charge on any atom is 0.124 e. The molecule has 3 heteroatoms. The first kappa shape index (κ1) is 14.4. The zero-order chi connectivity index (χ0) is 13.5. The summed E-state index contributed by atoms with van der Waals surface area (Å²) >= 11 is 0. The van der Waals surface area contributed by atoms with Gasteiger partial charge in [-0.05, 0) is 31.9 Å². The van der Waals surface area contributed by atoms with Crippen LogP contribution in [-0.2, 0) is 4.74 Å². The largest absolute Gasteiger partial charge is 0.496 e. The van der Waals surface area contributed by atoms with E-state index < -0.39 is 0 Å². The summed E-state index contributed by atoms with van der Waals surface area (Å²) in [4.78, 5) is 0. The summed E-state index contributed by atoms with van der Waals surface area (Å²) < 4.78 is 11.6. The molecule has 0 radical (unpaired) electrons. The molecule has 19 heavy (non-hydrogen) atoms. The number of para-hydroxylation sites is 1. The van der Waals surface area contributed by atoms with E-state index in [2.05, 4.69) is 11.4 Å². The Kier molecular flexibility index (Phi) is 5.67. The minimum Gasteiger partial charge on any atom is -0.496 e. The second-order valence-corrected chi connectivity index (χ2v) is 5.27. The molecule has 106 valence electrons. The minimum atomic E-state index is 0.0711. The van der Waals surface area contributed by atoms with Gasteiger partial charge < -0.3 is 14.8 Å². The van der Waals surface area contributed by atoms with E-state index in [1.807, 2.05) is 25.2 Å². The van der Waals surface area contributed by atoms with E-state index in [4.69, 9.17) is 9.47 Å². The van der Waals surface area contributed by atoms with E-state index in [-0.39, 0.29) is 6.10 Å². The molecule has 0 aromatic heterocycles. The smallest absolute Gasteiger partial charge is 0.124 e. The van der Waals surface area contributed by atoms with E-state index in [9.17, 15) is 0 Å². The number of benzene rings is 1. The Bertz CT molecular complexity index is 375. The van der Waals surface area contributed by atoms with Crippen LogP contribution in [0.1, 0.15) is 37.4 Å². The maximum atomic E-state index is 6.15. The van der Waals surface area contributed by atoms with Crippen molar-refractivity contribution in [3.05, 3.63) is 29.8 Å². The second-order valence-electron chi connectivity index (χ2n) is 5.27. The highest BCUT2D eigenvalue weighted by molar-refractivity contribution is 5.35. The van der Waals surface area contributed by atoms with Gasteiger partial charge in [-0.15, -0.1) is 0 Å². The van der Waals surface area contributed by atoms with Crippen LogP contribution in [0.3, 0.4) is 0 Å². The molecule has 0 amide bonds. The van der Waals surface area contributed by atoms with E-state index in [1.165, 1.54) is 25.7 Å². The Labute approximate surface area is 116 Å². The SMILES string of the molecule is CNCC(OCC1CCCC1)c1ccccc1OC. The number of methoxy groups -OCH3 is 1. The highest BCUT2D eigenvalue weighted by atomic mass is 16.5. The molecule has 1 unspecified atom stereocenters. The zero-order valence-electron chi connectivity index (χ0n) is 12.0. The Morgan fingerprint density at radius 3 is 2.68 bits per heavy atom. The van der Waals surface area contributed by atoms with Gasteiger partial charge in [0.05, 0.1) is 19.8 Å². The van der Waals surface area contributed by atoms with Crippen LogP contribution in [0.15, 0.2) is 24.3 Å². The number of likely N-dealkylation sites (N-methyl/N-ethyl adjacent to an activating group) is 1. The van der Waals surface area contributed by atoms with Gasteiger partial charge in [-0.1, -0.05) is 31.0 Å². The van der Waals surface area contributed by atoms with Gasteiger partial charge in [0.2, 0.25) is 0 Å². The van der Waals surface area contributed by atoms with Crippen LogP contribution in [0.2, 0.25) is 0 Å². The second kappa shape index (κ2) is 7.51. The lowest BCUT2D eigenvalue weighted by Crippen LogP contribution is -2.22. The molecule has 3 nitrogen and oxygen atoms in total. The third kappa shape index (κ3) is 3.95. The van der Waals surface area contributed by atoms with Crippen LogP contribution in [0.25, 0.3) is 0 Å². The fourth-order valence-electron chi connectivity index (χ4n) is 2.81. The van der Waals surface area contributed by atoms with Crippen molar-refractivity contribution in [2.75, 3.05) is 27.3 Å². The molecule has 0 saturated heterocycles. The van der Waals surface area contributed by atoms with Gasteiger partial charge in [0, 0.05) is 12.1 Å². The van der Waals surface area contributed by atoms with E-state index in [0.29, 0.717) is 0 Å². The molecule has 1 aliphatic rings. The first-order chi connectivity index (χ1) is 9.35. The van der Waals surface area contributed by atoms with Gasteiger partial charge in [0.1, 0.15) is 5.75 Å². The van der Waals surface area contributed by atoms with Crippen molar-refractivity contribution in [3.8, 4) is 5.75 Å². The third-order valence-corrected chi connectivity index (χ3v) is 3.88. The Hall–Kier alpha value is -1.06. The minimum absolute atomic E-state index is 0.0711. The molecule has 1 aromatic rings. The van der Waals surface area contributed by atoms with Crippen molar-refractivity contribution in [2.45, 2.75) is 31.8 Å². The van der Waals surface area contributed by atoms with Gasteiger partial charge in [-0.3, -0.25) is 0 Å². The van der Waals surface area contributed by atoms with E-state index in [1.54, 1.807) is 7.11 Å². The van der Waals surface area contributed by atoms with Crippen molar-refractivity contribution in [3.63, 3.8) is 0 Å². The predicted molar refractivity (Wildman–Crippen MR) is 77.6 cm³/mol. The first-order valence-electron chi connectivity index (χ1n) is 7.24. The highest BCUT2D eigenvalue weighted by Gasteiger charge is 2.20. The molecule has 1 saturated carbocycles. The van der Waals surface area contributed by atoms with Gasteiger partial charge in [0.15, 0.2) is 0 Å². The Morgan fingerprint density at radius 1 is 1.26 bits per heavy atom. The lowest BCUT2D eigenvalue weighted by molar-refractivity contribution is 0.0292. The first-order valence-corrected chi connectivity index (χ1v) is 7.24. The molecule has 2 rings (SSSR count). The van der Waals surface area contributed by atoms with Crippen LogP contribution in [-0.4, -0.2) is 27.3 Å². The summed E-state index contributed by atoms with van der Waals surface area (Å²) in [7, 11) is 3.67. The lowest BCUT2D eigenvalue weighted by Gasteiger charge is -2.22. The molecule has 0 spiro atoms. The molecular weight excluding hydrogens is 238 g/mol. The van der Waals surface area contributed by atoms with E-state index in [0.717, 1.165) is 30.4 Å². The van der Waals surface area contributed by atoms with Gasteiger partial charge >= 0.3 is 0 Å². The van der Waals surface area contributed by atoms with Gasteiger partial charge in [0.25, 0.3) is 0 Å². The number of rotatable bonds is 7. The summed E-state index contributed by atoms with van der Waals surface area (Å²) in [6.45, 7) is 1.68. The summed E-state index contributed by atoms with van der Waals surface area (Å²) in [5.74, 6) is 1.66. The van der Waals surface area contributed by atoms with Crippen LogP contribution in [0.5, 0.6) is 5.75 Å². The summed E-state index contributed by atoms with van der Waals surface area (Å²) in [5, 5.41) is 3.21. The predicted octanol–water partition coefficient (Wildman–Crippen LogP) is 3.16. The molecule has 1 fully saturated rings. The van der Waals surface area contributed by atoms with Crippen molar-refractivity contribution in [1.82, 2.24) is 5.32 Å². The summed E-state index contributed by atoms with van der Waals surface area (Å²) in [6.07, 6.45) is 5.43. The quantitative estimate of drug-likeness (QED) is 0.819. The van der Waals surface area contributed by atoms with Crippen molar-refractivity contribution < 1.29 is 9.47 Å². The molecule has 1 atom stereocenters. The number of hydrogen-bond donors (Lipinski definition) is 1. The molecular formula is C16H25NO2. The van der Waals surface area contributed by atoms with Crippen molar-refractivity contribution in [1.29, 1.82) is 0 Å². The standard InChI is InChI=1S/C16H25NO2/c1-17-11-16(19-12-13-7-3-4-8-13)14-9-5-6-10-15(14)18-2/h5-6,9-10,13,16-17H,3-4,7-8,11-12H2,1-2H3. The molecule has 0 heterocycles. The molecule has 1 aliphatic carbocycles. The van der Waals surface area contributed by atoms with Crippen LogP contribution in [0.4, 0.5) is 0 Å². The normalized spacial score (nSPS) is 17.6. The molecule has 1 aromatic carbocycles. The fraction of sp³-hybridized carbons (Fsp3) is 0.625. The Balaban J connectivity index is 2.01. The average molecular weight is 263 g/mol. The van der Waals surface area contributed by atoms with Crippen LogP contribution in [0, 0.1) is 5.92 Å². The lowest BCUT2D eigenvalue weighted by atomic mass is 10.1. The van der Waals surface area contributed by atoms with Crippen molar-refractivity contribution >= 4 is 0 Å². The Morgan fingerprint density at radius 2 is 2.00 bits per heavy atom. The number of hydrogen-bond acceptors (Lipinski definition) is 3. The summed E-state index contributed by atoms with van der Waals surface area (Å²) in [6, 6.07) is 8.13. The zero-order valence-corrected chi connectivity index (χ0v) is 12.0. The monoisotopic (exact) mass is 263 g/mol. The fourth-order valence-corrected chi connectivity index (χ4v) is 2.81. The third-order valence-electron chi connectivity index (χ3n) is 3.88. The highest BCUT2D eigenvalue weighted by Crippen LogP contribution is 2.30. The average Bonchev–Trinajstić information content (AvgIpc) is 2.96. The van der Waals surface area contributed by atoms with Gasteiger partial charge in [-0.2, -0.15) is 0 Å². The van der Waals surface area contributed by atoms with Crippen LogP contribution >= 0.6 is 0 Å². The van der Waals surface area contributed by atoms with Gasteiger partial charge in [-0.25, -0.2) is 0 Å².